The van der Waals surface area contributed by atoms with E-state index in [4.69, 9.17) is 9.47 Å². The molecule has 0 aliphatic carbocycles. The molecule has 1 atom stereocenters. The van der Waals surface area contributed by atoms with E-state index >= 15 is 0 Å². The summed E-state index contributed by atoms with van der Waals surface area (Å²) < 4.78 is 24.9. The molecule has 3 aromatic carbocycles. The number of hydrogen-bond donors (Lipinski definition) is 0. The molecule has 1 aliphatic rings. The summed E-state index contributed by atoms with van der Waals surface area (Å²) in [6.07, 6.45) is 0.462. The molecule has 0 radical (unpaired) electrons. The Balaban J connectivity index is 1.63. The summed E-state index contributed by atoms with van der Waals surface area (Å²) >= 11 is 0. The monoisotopic (exact) mass is 475 g/mol. The Bertz CT molecular complexity index is 1260. The summed E-state index contributed by atoms with van der Waals surface area (Å²) in [5.41, 5.74) is 2.29. The lowest BCUT2D eigenvalue weighted by Crippen LogP contribution is -2.39. The van der Waals surface area contributed by atoms with E-state index in [0.717, 1.165) is 22.6 Å². The number of hydrogen-bond acceptors (Lipinski definition) is 5. The van der Waals surface area contributed by atoms with Gasteiger partial charge in [-0.1, -0.05) is 30.3 Å². The zero-order valence-electron chi connectivity index (χ0n) is 19.8. The fraction of sp³-hybridized carbons (Fsp3) is 0.222. The zero-order chi connectivity index (χ0) is 24.9. The van der Waals surface area contributed by atoms with Gasteiger partial charge in [0.1, 0.15) is 23.9 Å². The molecule has 3 aromatic rings. The fourth-order valence-corrected chi connectivity index (χ4v) is 4.07. The van der Waals surface area contributed by atoms with Crippen LogP contribution in [0.2, 0.25) is 0 Å². The number of benzene rings is 3. The van der Waals surface area contributed by atoms with Crippen LogP contribution >= 0.6 is 0 Å². The van der Waals surface area contributed by atoms with Crippen LogP contribution in [0.4, 0.5) is 4.39 Å². The third kappa shape index (κ3) is 5.01. The highest BCUT2D eigenvalue weighted by Gasteiger charge is 2.35. The van der Waals surface area contributed by atoms with E-state index in [2.05, 4.69) is 5.10 Å². The average Bonchev–Trinajstić information content (AvgIpc) is 3.34. The predicted molar refractivity (Wildman–Crippen MR) is 130 cm³/mol. The average molecular weight is 476 g/mol. The highest BCUT2D eigenvalue weighted by atomic mass is 19.1. The number of likely N-dealkylation sites (N-methyl/N-ethyl adjacent to an activating group) is 1. The highest BCUT2D eigenvalue weighted by Crippen LogP contribution is 2.37. The van der Waals surface area contributed by atoms with E-state index in [1.54, 1.807) is 20.3 Å². The second kappa shape index (κ2) is 10.4. The molecule has 0 fully saturated rings. The largest absolute Gasteiger partial charge is 0.497 e. The molecule has 8 heteroatoms. The van der Waals surface area contributed by atoms with Crippen LogP contribution in [0.3, 0.4) is 0 Å². The van der Waals surface area contributed by atoms with E-state index in [1.807, 2.05) is 48.5 Å². The number of amides is 2. The van der Waals surface area contributed by atoms with Gasteiger partial charge in [-0.15, -0.1) is 0 Å². The first-order valence-electron chi connectivity index (χ1n) is 11.1. The van der Waals surface area contributed by atoms with Crippen molar-refractivity contribution in [1.29, 1.82) is 0 Å². The molecule has 0 spiro atoms. The maximum atomic E-state index is 14.1. The Hall–Kier alpha value is -4.20. The van der Waals surface area contributed by atoms with Crippen LogP contribution in [0.1, 0.15) is 33.9 Å². The van der Waals surface area contributed by atoms with Gasteiger partial charge in [-0.05, 0) is 48.0 Å². The smallest absolute Gasteiger partial charge is 0.262 e. The van der Waals surface area contributed by atoms with E-state index in [1.165, 1.54) is 35.2 Å². The molecular weight excluding hydrogens is 449 g/mol. The molecule has 0 saturated heterocycles. The lowest BCUT2D eigenvalue weighted by molar-refractivity contribution is -0.133. The lowest BCUT2D eigenvalue weighted by Gasteiger charge is -2.26. The molecule has 1 heterocycles. The van der Waals surface area contributed by atoms with Crippen LogP contribution in [0.15, 0.2) is 77.9 Å². The molecule has 180 valence electrons. The molecule has 35 heavy (non-hydrogen) atoms. The number of rotatable bonds is 7. The second-order valence-electron chi connectivity index (χ2n) is 8.12. The molecular formula is C27H26FN3O4. The Labute approximate surface area is 203 Å². The molecule has 0 N–H and O–H groups in total. The van der Waals surface area contributed by atoms with E-state index in [9.17, 15) is 14.0 Å². The minimum atomic E-state index is -0.635. The molecule has 0 saturated carbocycles. The van der Waals surface area contributed by atoms with Gasteiger partial charge in [0, 0.05) is 19.0 Å². The number of methoxy groups -OCH3 is 2. The van der Waals surface area contributed by atoms with Gasteiger partial charge >= 0.3 is 0 Å². The number of hydrazone groups is 1. The molecule has 0 unspecified atom stereocenters. The SMILES string of the molecule is COc1ccc(C2=NN(C(=O)CN(C)C(=O)c3ccccc3F)[C@@H](c3ccccc3OC)C2)cc1. The first kappa shape index (κ1) is 23.9. The van der Waals surface area contributed by atoms with Gasteiger partial charge in [-0.25, -0.2) is 9.40 Å². The number of nitrogens with zero attached hydrogens (tertiary/aromatic N) is 3. The van der Waals surface area contributed by atoms with Crippen LogP contribution in [0.25, 0.3) is 0 Å². The first-order valence-corrected chi connectivity index (χ1v) is 11.1. The van der Waals surface area contributed by atoms with Gasteiger partial charge in [-0.3, -0.25) is 9.59 Å². The van der Waals surface area contributed by atoms with Crippen molar-refractivity contribution in [3.63, 3.8) is 0 Å². The van der Waals surface area contributed by atoms with Gasteiger partial charge in [-0.2, -0.15) is 5.10 Å². The predicted octanol–water partition coefficient (Wildman–Crippen LogP) is 4.29. The number of ether oxygens (including phenoxy) is 2. The van der Waals surface area contributed by atoms with Crippen molar-refractivity contribution in [2.24, 2.45) is 5.10 Å². The molecule has 1 aliphatic heterocycles. The van der Waals surface area contributed by atoms with Crippen molar-refractivity contribution in [2.75, 3.05) is 27.8 Å². The van der Waals surface area contributed by atoms with Crippen molar-refractivity contribution < 1.29 is 23.5 Å². The maximum absolute atomic E-state index is 14.1. The van der Waals surface area contributed by atoms with Gasteiger partial charge < -0.3 is 14.4 Å². The van der Waals surface area contributed by atoms with Crippen LogP contribution in [0, 0.1) is 5.82 Å². The molecule has 4 rings (SSSR count). The van der Waals surface area contributed by atoms with Crippen LogP contribution in [-0.4, -0.2) is 55.2 Å². The maximum Gasteiger partial charge on any atom is 0.262 e. The molecule has 0 bridgehead atoms. The Morgan fingerprint density at radius 1 is 1.00 bits per heavy atom. The van der Waals surface area contributed by atoms with Crippen molar-refractivity contribution in [1.82, 2.24) is 9.91 Å². The quantitative estimate of drug-likeness (QED) is 0.511. The second-order valence-corrected chi connectivity index (χ2v) is 8.12. The van der Waals surface area contributed by atoms with E-state index < -0.39 is 23.7 Å². The molecule has 7 nitrogen and oxygen atoms in total. The van der Waals surface area contributed by atoms with Crippen molar-refractivity contribution in [3.05, 3.63) is 95.3 Å². The Kier molecular flexibility index (Phi) is 7.10. The molecule has 2 amide bonds. The minimum absolute atomic E-state index is 0.0899. The highest BCUT2D eigenvalue weighted by molar-refractivity contribution is 6.04. The Morgan fingerprint density at radius 2 is 1.69 bits per heavy atom. The standard InChI is InChI=1S/C27H26FN3O4/c1-30(27(33)20-8-4-6-10-22(20)28)17-26(32)31-24(21-9-5-7-11-25(21)35-3)16-23(29-31)18-12-14-19(34-2)15-13-18/h4-15,24H,16-17H2,1-3H3/t24-/m1/s1. The van der Waals surface area contributed by atoms with Crippen LogP contribution < -0.4 is 9.47 Å². The summed E-state index contributed by atoms with van der Waals surface area (Å²) in [7, 11) is 4.64. The van der Waals surface area contributed by atoms with Gasteiger partial charge in [0.15, 0.2) is 0 Å². The topological polar surface area (TPSA) is 71.4 Å². The third-order valence-electron chi connectivity index (χ3n) is 5.91. The number of carbonyl (C=O) groups excluding carboxylic acids is 2. The van der Waals surface area contributed by atoms with Crippen molar-refractivity contribution >= 4 is 17.5 Å². The normalized spacial score (nSPS) is 14.9. The van der Waals surface area contributed by atoms with Gasteiger partial charge in [0.2, 0.25) is 0 Å². The summed E-state index contributed by atoms with van der Waals surface area (Å²) in [4.78, 5) is 27.4. The number of para-hydroxylation sites is 1. The lowest BCUT2D eigenvalue weighted by atomic mass is 9.97. The summed E-state index contributed by atoms with van der Waals surface area (Å²) in [6, 6.07) is 20.2. The Morgan fingerprint density at radius 3 is 2.37 bits per heavy atom. The summed E-state index contributed by atoms with van der Waals surface area (Å²) in [6.45, 7) is -0.266. The minimum Gasteiger partial charge on any atom is -0.497 e. The summed E-state index contributed by atoms with van der Waals surface area (Å²) in [5.74, 6) is -0.253. The number of carbonyl (C=O) groups is 2. The molecule has 0 aromatic heterocycles. The number of halogens is 1. The van der Waals surface area contributed by atoms with Gasteiger partial charge in [0.05, 0.1) is 31.5 Å². The van der Waals surface area contributed by atoms with Gasteiger partial charge in [0.25, 0.3) is 11.8 Å². The zero-order valence-corrected chi connectivity index (χ0v) is 19.8. The third-order valence-corrected chi connectivity index (χ3v) is 5.91. The van der Waals surface area contributed by atoms with Crippen molar-refractivity contribution in [3.8, 4) is 11.5 Å². The van der Waals surface area contributed by atoms with Crippen molar-refractivity contribution in [2.45, 2.75) is 12.5 Å². The summed E-state index contributed by atoms with van der Waals surface area (Å²) in [5, 5.41) is 6.03. The van der Waals surface area contributed by atoms with Crippen LogP contribution in [-0.2, 0) is 4.79 Å². The van der Waals surface area contributed by atoms with E-state index in [0.29, 0.717) is 12.2 Å². The van der Waals surface area contributed by atoms with E-state index in [-0.39, 0.29) is 12.1 Å². The first-order chi connectivity index (χ1) is 16.9. The fourth-order valence-electron chi connectivity index (χ4n) is 4.07. The van der Waals surface area contributed by atoms with Crippen LogP contribution in [0.5, 0.6) is 11.5 Å².